The Morgan fingerprint density at radius 2 is 1.89 bits per heavy atom. The lowest BCUT2D eigenvalue weighted by Crippen LogP contribution is -2.39. The Bertz CT molecular complexity index is 489. The van der Waals surface area contributed by atoms with Crippen LogP contribution >= 0.6 is 15.9 Å². The summed E-state index contributed by atoms with van der Waals surface area (Å²) >= 11 is 3.20. The van der Waals surface area contributed by atoms with Crippen LogP contribution < -0.4 is 0 Å². The number of hydrogen-bond acceptors (Lipinski definition) is 1. The normalized spacial score (nSPS) is 21.1. The maximum Gasteiger partial charge on any atom is 0.256 e. The quantitative estimate of drug-likeness (QED) is 0.776. The van der Waals surface area contributed by atoms with Crippen LogP contribution in [0.15, 0.2) is 22.7 Å². The van der Waals surface area contributed by atoms with Gasteiger partial charge in [0.25, 0.3) is 5.91 Å². The van der Waals surface area contributed by atoms with Crippen LogP contribution in [0.5, 0.6) is 0 Å². The van der Waals surface area contributed by atoms with Crippen molar-refractivity contribution in [1.29, 1.82) is 0 Å². The van der Waals surface area contributed by atoms with Gasteiger partial charge in [0.1, 0.15) is 5.82 Å². The first-order valence-electron chi connectivity index (χ1n) is 6.34. The summed E-state index contributed by atoms with van der Waals surface area (Å²) in [7, 11) is 0. The summed E-state index contributed by atoms with van der Waals surface area (Å²) in [5.74, 6) is -0.614. The topological polar surface area (TPSA) is 20.3 Å². The highest BCUT2D eigenvalue weighted by Crippen LogP contribution is 2.53. The summed E-state index contributed by atoms with van der Waals surface area (Å²) in [6.45, 7) is 1.54. The molecule has 0 unspecified atom stereocenters. The third-order valence-electron chi connectivity index (χ3n) is 4.23. The molecule has 1 saturated carbocycles. The standard InChI is InChI=1S/C14H15BrFNO/c15-10-1-2-11(12(16)9-10)13(18)17-7-5-14(3-4-14)6-8-17/h1-2,9H,3-8H2. The molecule has 1 aliphatic carbocycles. The lowest BCUT2D eigenvalue weighted by atomic mass is 9.93. The van der Waals surface area contributed by atoms with Crippen molar-refractivity contribution in [3.63, 3.8) is 0 Å². The molecule has 0 N–H and O–H groups in total. The molecule has 0 bridgehead atoms. The highest BCUT2D eigenvalue weighted by molar-refractivity contribution is 9.10. The van der Waals surface area contributed by atoms with Gasteiger partial charge in [-0.05, 0) is 49.3 Å². The molecule has 0 aromatic heterocycles. The number of carbonyl (C=O) groups is 1. The minimum absolute atomic E-state index is 0.171. The van der Waals surface area contributed by atoms with Gasteiger partial charge in [-0.1, -0.05) is 15.9 Å². The minimum atomic E-state index is -0.443. The van der Waals surface area contributed by atoms with E-state index in [-0.39, 0.29) is 11.5 Å². The second-order valence-electron chi connectivity index (χ2n) is 5.42. The number of amides is 1. The fourth-order valence-corrected chi connectivity index (χ4v) is 3.03. The first-order valence-corrected chi connectivity index (χ1v) is 7.13. The number of nitrogens with zero attached hydrogens (tertiary/aromatic N) is 1. The molecule has 0 atom stereocenters. The predicted molar refractivity (Wildman–Crippen MR) is 70.9 cm³/mol. The Morgan fingerprint density at radius 3 is 2.44 bits per heavy atom. The van der Waals surface area contributed by atoms with Gasteiger partial charge in [0.2, 0.25) is 0 Å². The van der Waals surface area contributed by atoms with E-state index in [1.165, 1.54) is 18.9 Å². The summed E-state index contributed by atoms with van der Waals surface area (Å²) in [6, 6.07) is 4.62. The van der Waals surface area contributed by atoms with E-state index in [2.05, 4.69) is 15.9 Å². The Hall–Kier alpha value is -0.900. The molecule has 1 saturated heterocycles. The first kappa shape index (κ1) is 12.2. The van der Waals surface area contributed by atoms with E-state index in [0.717, 1.165) is 25.9 Å². The number of hydrogen-bond donors (Lipinski definition) is 0. The zero-order chi connectivity index (χ0) is 12.8. The molecule has 2 fully saturated rings. The van der Waals surface area contributed by atoms with Crippen LogP contribution in [0.25, 0.3) is 0 Å². The van der Waals surface area contributed by atoms with Crippen LogP contribution in [0.1, 0.15) is 36.0 Å². The van der Waals surface area contributed by atoms with Gasteiger partial charge in [0.15, 0.2) is 0 Å². The van der Waals surface area contributed by atoms with Crippen LogP contribution in [0.2, 0.25) is 0 Å². The van der Waals surface area contributed by atoms with Gasteiger partial charge in [-0.2, -0.15) is 0 Å². The lowest BCUT2D eigenvalue weighted by molar-refractivity contribution is 0.0674. The highest BCUT2D eigenvalue weighted by Gasteiger charge is 2.45. The van der Waals surface area contributed by atoms with E-state index in [1.807, 2.05) is 0 Å². The Labute approximate surface area is 114 Å². The average Bonchev–Trinajstić information content (AvgIpc) is 3.09. The smallest absolute Gasteiger partial charge is 0.256 e. The van der Waals surface area contributed by atoms with Gasteiger partial charge in [-0.15, -0.1) is 0 Å². The van der Waals surface area contributed by atoms with Crippen LogP contribution in [-0.4, -0.2) is 23.9 Å². The molecular formula is C14H15BrFNO. The monoisotopic (exact) mass is 311 g/mol. The van der Waals surface area contributed by atoms with Crippen molar-refractivity contribution in [2.45, 2.75) is 25.7 Å². The van der Waals surface area contributed by atoms with Crippen molar-refractivity contribution in [2.75, 3.05) is 13.1 Å². The van der Waals surface area contributed by atoms with Gasteiger partial charge in [-0.3, -0.25) is 4.79 Å². The molecule has 1 heterocycles. The van der Waals surface area contributed by atoms with Gasteiger partial charge >= 0.3 is 0 Å². The fraction of sp³-hybridized carbons (Fsp3) is 0.500. The summed E-state index contributed by atoms with van der Waals surface area (Å²) in [5.41, 5.74) is 0.722. The largest absolute Gasteiger partial charge is 0.339 e. The van der Waals surface area contributed by atoms with E-state index >= 15 is 0 Å². The Kier molecular flexibility index (Phi) is 2.93. The number of piperidine rings is 1. The van der Waals surface area contributed by atoms with E-state index in [0.29, 0.717) is 9.89 Å². The third-order valence-corrected chi connectivity index (χ3v) is 4.72. The molecule has 1 aromatic carbocycles. The number of rotatable bonds is 1. The molecule has 1 spiro atoms. The van der Waals surface area contributed by atoms with Crippen LogP contribution in [0.3, 0.4) is 0 Å². The SMILES string of the molecule is O=C(c1ccc(Br)cc1F)N1CCC2(CC1)CC2. The third kappa shape index (κ3) is 2.18. The fourth-order valence-electron chi connectivity index (χ4n) is 2.69. The zero-order valence-electron chi connectivity index (χ0n) is 10.1. The lowest BCUT2D eigenvalue weighted by Gasteiger charge is -2.32. The van der Waals surface area contributed by atoms with Gasteiger partial charge in [-0.25, -0.2) is 4.39 Å². The number of carbonyl (C=O) groups excluding carboxylic acids is 1. The van der Waals surface area contributed by atoms with Crippen molar-refractivity contribution in [3.8, 4) is 0 Å². The van der Waals surface area contributed by atoms with Crippen molar-refractivity contribution >= 4 is 21.8 Å². The van der Waals surface area contributed by atoms with Crippen LogP contribution in [0.4, 0.5) is 4.39 Å². The summed E-state index contributed by atoms with van der Waals surface area (Å²) in [4.78, 5) is 14.0. The maximum absolute atomic E-state index is 13.7. The Balaban J connectivity index is 1.74. The molecule has 4 heteroatoms. The van der Waals surface area contributed by atoms with E-state index in [1.54, 1.807) is 17.0 Å². The summed E-state index contributed by atoms with van der Waals surface area (Å²) in [5, 5.41) is 0. The zero-order valence-corrected chi connectivity index (χ0v) is 11.7. The molecule has 96 valence electrons. The van der Waals surface area contributed by atoms with Crippen molar-refractivity contribution in [2.24, 2.45) is 5.41 Å². The summed E-state index contributed by atoms with van der Waals surface area (Å²) < 4.78 is 14.4. The molecular weight excluding hydrogens is 297 g/mol. The van der Waals surface area contributed by atoms with E-state index in [4.69, 9.17) is 0 Å². The average molecular weight is 312 g/mol. The van der Waals surface area contributed by atoms with E-state index in [9.17, 15) is 9.18 Å². The van der Waals surface area contributed by atoms with Crippen molar-refractivity contribution in [3.05, 3.63) is 34.1 Å². The molecule has 3 rings (SSSR count). The van der Waals surface area contributed by atoms with E-state index < -0.39 is 5.82 Å². The molecule has 2 aliphatic rings. The molecule has 0 radical (unpaired) electrons. The number of likely N-dealkylation sites (tertiary alicyclic amines) is 1. The number of benzene rings is 1. The van der Waals surface area contributed by atoms with Crippen molar-refractivity contribution in [1.82, 2.24) is 4.90 Å². The van der Waals surface area contributed by atoms with Gasteiger partial charge in [0.05, 0.1) is 5.56 Å². The maximum atomic E-state index is 13.7. The second-order valence-corrected chi connectivity index (χ2v) is 6.33. The highest BCUT2D eigenvalue weighted by atomic mass is 79.9. The summed E-state index contributed by atoms with van der Waals surface area (Å²) in [6.07, 6.45) is 4.77. The van der Waals surface area contributed by atoms with Crippen LogP contribution in [0, 0.1) is 11.2 Å². The molecule has 2 nitrogen and oxygen atoms in total. The van der Waals surface area contributed by atoms with Crippen LogP contribution in [-0.2, 0) is 0 Å². The number of halogens is 2. The second kappa shape index (κ2) is 4.34. The van der Waals surface area contributed by atoms with Gasteiger partial charge in [0, 0.05) is 17.6 Å². The molecule has 1 aliphatic heterocycles. The molecule has 1 aromatic rings. The van der Waals surface area contributed by atoms with Crippen molar-refractivity contribution < 1.29 is 9.18 Å². The minimum Gasteiger partial charge on any atom is -0.339 e. The van der Waals surface area contributed by atoms with Gasteiger partial charge < -0.3 is 4.90 Å². The molecule has 18 heavy (non-hydrogen) atoms. The predicted octanol–water partition coefficient (Wildman–Crippen LogP) is 3.60. The first-order chi connectivity index (χ1) is 8.60. The molecule has 1 amide bonds. The Morgan fingerprint density at radius 1 is 1.22 bits per heavy atom.